The third-order valence-corrected chi connectivity index (χ3v) is 5.00. The first-order chi connectivity index (χ1) is 10.0. The fourth-order valence-corrected chi connectivity index (χ4v) is 3.81. The summed E-state index contributed by atoms with van der Waals surface area (Å²) in [5.74, 6) is 0.796. The average Bonchev–Trinajstić information content (AvgIpc) is 2.43. The summed E-state index contributed by atoms with van der Waals surface area (Å²) in [6.07, 6.45) is 2.71. The molecular weight excluding hydrogens is 256 g/mol. The predicted molar refractivity (Wildman–Crippen MR) is 91.8 cm³/mol. The van der Waals surface area contributed by atoms with Gasteiger partial charge in [0, 0.05) is 19.1 Å². The van der Waals surface area contributed by atoms with E-state index in [1.165, 1.54) is 48.2 Å². The molecule has 1 aliphatic rings. The zero-order chi connectivity index (χ0) is 15.4. The first kappa shape index (κ1) is 16.5. The Hall–Kier alpha value is -0.860. The van der Waals surface area contributed by atoms with Crippen molar-refractivity contribution in [1.82, 2.24) is 10.2 Å². The fourth-order valence-electron chi connectivity index (χ4n) is 3.81. The van der Waals surface area contributed by atoms with Crippen LogP contribution in [0.3, 0.4) is 0 Å². The van der Waals surface area contributed by atoms with E-state index >= 15 is 0 Å². The Balaban J connectivity index is 2.03. The van der Waals surface area contributed by atoms with Gasteiger partial charge >= 0.3 is 0 Å². The zero-order valence-corrected chi connectivity index (χ0v) is 14.5. The van der Waals surface area contributed by atoms with E-state index in [1.54, 1.807) is 0 Å². The maximum atomic E-state index is 3.60. The molecule has 2 unspecified atom stereocenters. The van der Waals surface area contributed by atoms with Gasteiger partial charge < -0.3 is 5.32 Å². The van der Waals surface area contributed by atoms with Gasteiger partial charge in [0.05, 0.1) is 0 Å². The molecule has 2 nitrogen and oxygen atoms in total. The molecule has 0 amide bonds. The molecule has 0 bridgehead atoms. The molecule has 1 aliphatic heterocycles. The van der Waals surface area contributed by atoms with Gasteiger partial charge in [-0.25, -0.2) is 0 Å². The number of nitrogens with zero attached hydrogens (tertiary/aromatic N) is 1. The van der Waals surface area contributed by atoms with Crippen molar-refractivity contribution < 1.29 is 0 Å². The highest BCUT2D eigenvalue weighted by Crippen LogP contribution is 2.24. The van der Waals surface area contributed by atoms with Gasteiger partial charge in [-0.15, -0.1) is 0 Å². The third-order valence-electron chi connectivity index (χ3n) is 5.00. The molecule has 118 valence electrons. The summed E-state index contributed by atoms with van der Waals surface area (Å²) >= 11 is 0. The van der Waals surface area contributed by atoms with Crippen molar-refractivity contribution in [2.45, 2.75) is 60.0 Å². The summed E-state index contributed by atoms with van der Waals surface area (Å²) in [7, 11) is 0. The summed E-state index contributed by atoms with van der Waals surface area (Å²) in [6.45, 7) is 16.0. The minimum atomic E-state index is 0.637. The Bertz CT molecular complexity index is 444. The predicted octanol–water partition coefficient (Wildman–Crippen LogP) is 3.82. The van der Waals surface area contributed by atoms with E-state index in [0.717, 1.165) is 19.0 Å². The zero-order valence-electron chi connectivity index (χ0n) is 14.5. The molecular formula is C19H32N2. The Morgan fingerprint density at radius 2 is 1.90 bits per heavy atom. The van der Waals surface area contributed by atoms with Crippen molar-refractivity contribution in [2.24, 2.45) is 5.92 Å². The van der Waals surface area contributed by atoms with Crippen LogP contribution in [0.5, 0.6) is 0 Å². The van der Waals surface area contributed by atoms with Gasteiger partial charge in [-0.05, 0) is 76.2 Å². The molecule has 0 radical (unpaired) electrons. The molecule has 0 aromatic heterocycles. The van der Waals surface area contributed by atoms with E-state index in [0.29, 0.717) is 6.04 Å². The summed E-state index contributed by atoms with van der Waals surface area (Å²) in [6, 6.07) is 5.29. The SMILES string of the molecule is CCNC(C)C1CCCN(Cc2c(C)cc(C)cc2C)C1. The number of hydrogen-bond donors (Lipinski definition) is 1. The van der Waals surface area contributed by atoms with Crippen LogP contribution in [0.4, 0.5) is 0 Å². The Morgan fingerprint density at radius 1 is 1.24 bits per heavy atom. The van der Waals surface area contributed by atoms with Crippen molar-refractivity contribution in [3.05, 3.63) is 34.4 Å². The van der Waals surface area contributed by atoms with Crippen molar-refractivity contribution in [1.29, 1.82) is 0 Å². The maximum absolute atomic E-state index is 3.60. The van der Waals surface area contributed by atoms with E-state index < -0.39 is 0 Å². The fraction of sp³-hybridized carbons (Fsp3) is 0.684. The molecule has 21 heavy (non-hydrogen) atoms. The van der Waals surface area contributed by atoms with Crippen LogP contribution in [0.1, 0.15) is 48.9 Å². The number of benzene rings is 1. The van der Waals surface area contributed by atoms with Crippen LogP contribution >= 0.6 is 0 Å². The van der Waals surface area contributed by atoms with Crippen molar-refractivity contribution in [3.8, 4) is 0 Å². The lowest BCUT2D eigenvalue weighted by atomic mass is 9.90. The lowest BCUT2D eigenvalue weighted by Crippen LogP contribution is -2.44. The Kier molecular flexibility index (Phi) is 5.83. The van der Waals surface area contributed by atoms with Gasteiger partial charge in [0.15, 0.2) is 0 Å². The van der Waals surface area contributed by atoms with Gasteiger partial charge in [-0.2, -0.15) is 0 Å². The van der Waals surface area contributed by atoms with Gasteiger partial charge in [-0.1, -0.05) is 24.6 Å². The molecule has 1 heterocycles. The van der Waals surface area contributed by atoms with Crippen molar-refractivity contribution in [2.75, 3.05) is 19.6 Å². The van der Waals surface area contributed by atoms with Crippen LogP contribution in [0.25, 0.3) is 0 Å². The largest absolute Gasteiger partial charge is 0.314 e. The molecule has 2 atom stereocenters. The standard InChI is InChI=1S/C19H32N2/c1-6-20-17(5)18-8-7-9-21(12-18)13-19-15(3)10-14(2)11-16(19)4/h10-11,17-18,20H,6-9,12-13H2,1-5H3. The van der Waals surface area contributed by atoms with Crippen LogP contribution in [0.2, 0.25) is 0 Å². The second-order valence-corrected chi connectivity index (χ2v) is 6.86. The molecule has 1 aromatic rings. The number of piperidine rings is 1. The monoisotopic (exact) mass is 288 g/mol. The summed E-state index contributed by atoms with van der Waals surface area (Å²) in [5, 5.41) is 3.60. The lowest BCUT2D eigenvalue weighted by Gasteiger charge is -2.36. The van der Waals surface area contributed by atoms with Crippen LogP contribution in [-0.2, 0) is 6.54 Å². The van der Waals surface area contributed by atoms with Crippen molar-refractivity contribution in [3.63, 3.8) is 0 Å². The van der Waals surface area contributed by atoms with E-state index in [2.05, 4.69) is 57.0 Å². The number of nitrogens with one attached hydrogen (secondary N) is 1. The van der Waals surface area contributed by atoms with E-state index in [4.69, 9.17) is 0 Å². The Morgan fingerprint density at radius 3 is 2.52 bits per heavy atom. The molecule has 2 rings (SSSR count). The molecule has 0 aliphatic carbocycles. The normalized spacial score (nSPS) is 21.5. The van der Waals surface area contributed by atoms with Crippen LogP contribution in [0.15, 0.2) is 12.1 Å². The van der Waals surface area contributed by atoms with Crippen LogP contribution in [0, 0.1) is 26.7 Å². The summed E-state index contributed by atoms with van der Waals surface area (Å²) in [4.78, 5) is 2.66. The number of hydrogen-bond acceptors (Lipinski definition) is 2. The highest BCUT2D eigenvalue weighted by atomic mass is 15.1. The lowest BCUT2D eigenvalue weighted by molar-refractivity contribution is 0.145. The van der Waals surface area contributed by atoms with Crippen molar-refractivity contribution >= 4 is 0 Å². The first-order valence-corrected chi connectivity index (χ1v) is 8.53. The van der Waals surface area contributed by atoms with Crippen LogP contribution < -0.4 is 5.32 Å². The van der Waals surface area contributed by atoms with Crippen LogP contribution in [-0.4, -0.2) is 30.6 Å². The van der Waals surface area contributed by atoms with Gasteiger partial charge in [0.2, 0.25) is 0 Å². The smallest absolute Gasteiger partial charge is 0.0239 e. The van der Waals surface area contributed by atoms with E-state index in [-0.39, 0.29) is 0 Å². The molecule has 1 fully saturated rings. The molecule has 1 N–H and O–H groups in total. The maximum Gasteiger partial charge on any atom is 0.0239 e. The first-order valence-electron chi connectivity index (χ1n) is 8.53. The molecule has 1 aromatic carbocycles. The highest BCUT2D eigenvalue weighted by molar-refractivity contribution is 5.37. The Labute approximate surface area is 130 Å². The molecule has 1 saturated heterocycles. The average molecular weight is 288 g/mol. The van der Waals surface area contributed by atoms with E-state index in [9.17, 15) is 0 Å². The topological polar surface area (TPSA) is 15.3 Å². The number of likely N-dealkylation sites (tertiary alicyclic amines) is 1. The van der Waals surface area contributed by atoms with Gasteiger partial charge in [-0.3, -0.25) is 4.90 Å². The third kappa shape index (κ3) is 4.31. The second kappa shape index (κ2) is 7.42. The quantitative estimate of drug-likeness (QED) is 0.886. The number of rotatable bonds is 5. The molecule has 2 heteroatoms. The number of aryl methyl sites for hydroxylation is 3. The minimum Gasteiger partial charge on any atom is -0.314 e. The van der Waals surface area contributed by atoms with E-state index in [1.807, 2.05) is 0 Å². The minimum absolute atomic E-state index is 0.637. The van der Waals surface area contributed by atoms with Gasteiger partial charge in [0.1, 0.15) is 0 Å². The van der Waals surface area contributed by atoms with Gasteiger partial charge in [0.25, 0.3) is 0 Å². The highest BCUT2D eigenvalue weighted by Gasteiger charge is 2.24. The second-order valence-electron chi connectivity index (χ2n) is 6.86. The molecule has 0 saturated carbocycles. The summed E-state index contributed by atoms with van der Waals surface area (Å²) in [5.41, 5.74) is 5.83. The summed E-state index contributed by atoms with van der Waals surface area (Å²) < 4.78 is 0. The molecule has 0 spiro atoms.